The van der Waals surface area contributed by atoms with Crippen LogP contribution in [0.3, 0.4) is 0 Å². The van der Waals surface area contributed by atoms with Crippen molar-refractivity contribution in [2.24, 2.45) is 5.92 Å². The Morgan fingerprint density at radius 2 is 2.10 bits per heavy atom. The Morgan fingerprint density at radius 3 is 2.71 bits per heavy atom. The number of nitrogens with one attached hydrogen (secondary N) is 1. The molecule has 7 heteroatoms. The first-order valence-electron chi connectivity index (χ1n) is 6.68. The van der Waals surface area contributed by atoms with Gasteiger partial charge in [-0.25, -0.2) is 8.42 Å². The number of carboxylic acid groups (broad SMARTS) is 1. The van der Waals surface area contributed by atoms with Gasteiger partial charge in [0.15, 0.2) is 9.84 Å². The molecular weight excluding hydrogens is 294 g/mol. The summed E-state index contributed by atoms with van der Waals surface area (Å²) in [6.45, 7) is 0. The number of carbonyl (C=O) groups is 2. The van der Waals surface area contributed by atoms with Gasteiger partial charge in [0, 0.05) is 12.1 Å². The number of sulfone groups is 1. The minimum absolute atomic E-state index is 0.0261. The van der Waals surface area contributed by atoms with Crippen LogP contribution in [0, 0.1) is 5.92 Å². The van der Waals surface area contributed by atoms with Crippen molar-refractivity contribution in [1.82, 2.24) is 0 Å². The van der Waals surface area contributed by atoms with Crippen LogP contribution >= 0.6 is 0 Å². The van der Waals surface area contributed by atoms with Gasteiger partial charge in [-0.3, -0.25) is 9.59 Å². The number of hydrogen-bond donors (Lipinski definition) is 2. The second-order valence-corrected chi connectivity index (χ2v) is 7.41. The van der Waals surface area contributed by atoms with Gasteiger partial charge >= 0.3 is 5.97 Å². The van der Waals surface area contributed by atoms with E-state index in [1.54, 1.807) is 24.3 Å². The summed E-state index contributed by atoms with van der Waals surface area (Å²) in [5, 5.41) is 11.4. The number of aryl methyl sites for hydroxylation is 1. The van der Waals surface area contributed by atoms with E-state index in [1.165, 1.54) is 0 Å². The normalized spacial score (nSPS) is 20.1. The molecule has 0 radical (unpaired) electrons. The van der Waals surface area contributed by atoms with Gasteiger partial charge < -0.3 is 10.4 Å². The fourth-order valence-corrected chi connectivity index (χ4v) is 4.04. The molecule has 1 aliphatic heterocycles. The summed E-state index contributed by atoms with van der Waals surface area (Å²) >= 11 is 0. The van der Waals surface area contributed by atoms with Crippen molar-refractivity contribution in [1.29, 1.82) is 0 Å². The summed E-state index contributed by atoms with van der Waals surface area (Å²) in [5.41, 5.74) is 1.38. The van der Waals surface area contributed by atoms with Crippen LogP contribution in [0.15, 0.2) is 24.3 Å². The first-order valence-corrected chi connectivity index (χ1v) is 8.50. The van der Waals surface area contributed by atoms with Crippen molar-refractivity contribution in [2.45, 2.75) is 19.3 Å². The minimum Gasteiger partial charge on any atom is -0.481 e. The van der Waals surface area contributed by atoms with Crippen LogP contribution in [-0.2, 0) is 25.8 Å². The molecule has 1 aromatic carbocycles. The average molecular weight is 311 g/mol. The molecule has 1 unspecified atom stereocenters. The molecule has 1 aromatic rings. The van der Waals surface area contributed by atoms with E-state index in [0.29, 0.717) is 18.5 Å². The first kappa shape index (κ1) is 15.5. The maximum Gasteiger partial charge on any atom is 0.303 e. The topological polar surface area (TPSA) is 101 Å². The van der Waals surface area contributed by atoms with Gasteiger partial charge in [0.2, 0.25) is 5.91 Å². The Balaban J connectivity index is 1.98. The van der Waals surface area contributed by atoms with Gasteiger partial charge in [-0.2, -0.15) is 0 Å². The van der Waals surface area contributed by atoms with E-state index in [0.717, 1.165) is 5.56 Å². The standard InChI is InChI=1S/C14H17NO5S/c16-13(17)5-4-10-2-1-3-12(8-10)15-14(18)11-6-7-21(19,20)9-11/h1-3,8,11H,4-7,9H2,(H,15,18)(H,16,17). The molecule has 1 saturated heterocycles. The fourth-order valence-electron chi connectivity index (χ4n) is 2.30. The smallest absolute Gasteiger partial charge is 0.303 e. The number of benzene rings is 1. The molecule has 2 N–H and O–H groups in total. The number of carbonyl (C=O) groups excluding carboxylic acids is 1. The first-order chi connectivity index (χ1) is 9.85. The maximum atomic E-state index is 12.0. The molecule has 0 aliphatic carbocycles. The lowest BCUT2D eigenvalue weighted by molar-refractivity contribution is -0.137. The van der Waals surface area contributed by atoms with Crippen LogP contribution in [-0.4, -0.2) is 36.9 Å². The summed E-state index contributed by atoms with van der Waals surface area (Å²) in [6, 6.07) is 6.94. The molecule has 0 bridgehead atoms. The zero-order valence-electron chi connectivity index (χ0n) is 11.4. The molecule has 0 aromatic heterocycles. The van der Waals surface area contributed by atoms with Crippen LogP contribution in [0.2, 0.25) is 0 Å². The number of hydrogen-bond acceptors (Lipinski definition) is 4. The molecule has 1 fully saturated rings. The number of anilines is 1. The zero-order valence-corrected chi connectivity index (χ0v) is 12.2. The van der Waals surface area contributed by atoms with E-state index in [4.69, 9.17) is 5.11 Å². The van der Waals surface area contributed by atoms with Crippen LogP contribution < -0.4 is 5.32 Å². The van der Waals surface area contributed by atoms with Crippen molar-refractivity contribution < 1.29 is 23.1 Å². The third-order valence-corrected chi connectivity index (χ3v) is 5.19. The number of rotatable bonds is 5. The number of amides is 1. The molecule has 1 aliphatic rings. The lowest BCUT2D eigenvalue weighted by atomic mass is 10.1. The van der Waals surface area contributed by atoms with Gasteiger partial charge in [0.1, 0.15) is 0 Å². The third-order valence-electron chi connectivity index (χ3n) is 3.43. The Kier molecular flexibility index (Phi) is 4.62. The summed E-state index contributed by atoms with van der Waals surface area (Å²) in [6.07, 6.45) is 0.766. The maximum absolute atomic E-state index is 12.0. The lowest BCUT2D eigenvalue weighted by Crippen LogP contribution is -2.23. The SMILES string of the molecule is O=C(O)CCc1cccc(NC(=O)C2CCS(=O)(=O)C2)c1. The number of aliphatic carboxylic acids is 1. The highest BCUT2D eigenvalue weighted by atomic mass is 32.2. The zero-order chi connectivity index (χ0) is 15.5. The molecule has 1 atom stereocenters. The van der Waals surface area contributed by atoms with Crippen molar-refractivity contribution >= 4 is 27.4 Å². The molecule has 0 saturated carbocycles. The second kappa shape index (κ2) is 6.26. The van der Waals surface area contributed by atoms with Crippen LogP contribution in [0.5, 0.6) is 0 Å². The molecular formula is C14H17NO5S. The van der Waals surface area contributed by atoms with Crippen molar-refractivity contribution in [2.75, 3.05) is 16.8 Å². The van der Waals surface area contributed by atoms with Crippen LogP contribution in [0.1, 0.15) is 18.4 Å². The third kappa shape index (κ3) is 4.56. The molecule has 2 rings (SSSR count). The van der Waals surface area contributed by atoms with Crippen molar-refractivity contribution in [3.05, 3.63) is 29.8 Å². The lowest BCUT2D eigenvalue weighted by Gasteiger charge is -2.10. The molecule has 114 valence electrons. The summed E-state index contributed by atoms with van der Waals surface area (Å²) in [5.74, 6) is -1.72. The van der Waals surface area contributed by atoms with Crippen molar-refractivity contribution in [3.8, 4) is 0 Å². The highest BCUT2D eigenvalue weighted by Gasteiger charge is 2.32. The van der Waals surface area contributed by atoms with Gasteiger partial charge in [-0.15, -0.1) is 0 Å². The monoisotopic (exact) mass is 311 g/mol. The van der Waals surface area contributed by atoms with E-state index in [1.807, 2.05) is 0 Å². The highest BCUT2D eigenvalue weighted by Crippen LogP contribution is 2.21. The van der Waals surface area contributed by atoms with Gasteiger partial charge in [-0.05, 0) is 30.5 Å². The quantitative estimate of drug-likeness (QED) is 0.847. The number of carboxylic acids is 1. The van der Waals surface area contributed by atoms with E-state index < -0.39 is 21.7 Å². The molecule has 21 heavy (non-hydrogen) atoms. The predicted molar refractivity (Wildman–Crippen MR) is 77.8 cm³/mol. The van der Waals surface area contributed by atoms with Gasteiger partial charge in [-0.1, -0.05) is 12.1 Å². The van der Waals surface area contributed by atoms with Crippen LogP contribution in [0.4, 0.5) is 5.69 Å². The largest absolute Gasteiger partial charge is 0.481 e. The predicted octanol–water partition coefficient (Wildman–Crippen LogP) is 1.08. The van der Waals surface area contributed by atoms with E-state index in [9.17, 15) is 18.0 Å². The Morgan fingerprint density at radius 1 is 1.33 bits per heavy atom. The Bertz CT molecular complexity index is 653. The molecule has 1 amide bonds. The highest BCUT2D eigenvalue weighted by molar-refractivity contribution is 7.91. The summed E-state index contributed by atoms with van der Waals surface area (Å²) in [7, 11) is -3.09. The summed E-state index contributed by atoms with van der Waals surface area (Å²) in [4.78, 5) is 22.6. The van der Waals surface area contributed by atoms with E-state index in [2.05, 4.69) is 5.32 Å². The van der Waals surface area contributed by atoms with Gasteiger partial charge in [0.25, 0.3) is 0 Å². The molecule has 1 heterocycles. The van der Waals surface area contributed by atoms with E-state index in [-0.39, 0.29) is 23.8 Å². The Hall–Kier alpha value is -1.89. The van der Waals surface area contributed by atoms with Gasteiger partial charge in [0.05, 0.1) is 17.4 Å². The fraction of sp³-hybridized carbons (Fsp3) is 0.429. The molecule has 0 spiro atoms. The second-order valence-electron chi connectivity index (χ2n) is 5.18. The molecule has 6 nitrogen and oxygen atoms in total. The van der Waals surface area contributed by atoms with E-state index >= 15 is 0 Å². The van der Waals surface area contributed by atoms with Crippen LogP contribution in [0.25, 0.3) is 0 Å². The summed E-state index contributed by atoms with van der Waals surface area (Å²) < 4.78 is 22.7. The Labute approximate surface area is 123 Å². The average Bonchev–Trinajstić information content (AvgIpc) is 2.77. The van der Waals surface area contributed by atoms with Crippen molar-refractivity contribution in [3.63, 3.8) is 0 Å². The minimum atomic E-state index is -3.09.